The normalized spacial score (nSPS) is 13.3. The summed E-state index contributed by atoms with van der Waals surface area (Å²) in [6.45, 7) is 13.6. The fraction of sp³-hybridized carbons (Fsp3) is 0.961. The van der Waals surface area contributed by atoms with Crippen molar-refractivity contribution in [2.45, 2.75) is 278 Å². The van der Waals surface area contributed by atoms with Crippen molar-refractivity contribution in [2.75, 3.05) is 26.8 Å². The predicted octanol–water partition coefficient (Wildman–Crippen LogP) is 16.1. The number of rotatable bonds is 45. The summed E-state index contributed by atoms with van der Waals surface area (Å²) in [7, 11) is 2.32. The average Bonchev–Trinajstić information content (AvgIpc) is 3.20. The minimum Gasteiger partial charge on any atom is -0.465 e. The molecule has 56 heavy (non-hydrogen) atoms. The van der Waals surface area contributed by atoms with Gasteiger partial charge in [0, 0.05) is 6.04 Å². The highest BCUT2D eigenvalue weighted by atomic mass is 16.5. The lowest BCUT2D eigenvalue weighted by molar-refractivity contribution is -0.150. The van der Waals surface area contributed by atoms with E-state index in [4.69, 9.17) is 9.47 Å². The Bertz CT molecular complexity index is 818. The Morgan fingerprint density at radius 2 is 0.661 bits per heavy atom. The number of hydrogen-bond acceptors (Lipinski definition) is 5. The first-order chi connectivity index (χ1) is 27.4. The van der Waals surface area contributed by atoms with Crippen LogP contribution in [0.25, 0.3) is 0 Å². The molecule has 0 fully saturated rings. The van der Waals surface area contributed by atoms with Gasteiger partial charge in [0.15, 0.2) is 0 Å². The zero-order chi connectivity index (χ0) is 41.2. The zero-order valence-electron chi connectivity index (χ0n) is 39.1. The molecule has 334 valence electrons. The first kappa shape index (κ1) is 54.9. The van der Waals surface area contributed by atoms with Crippen LogP contribution in [0.5, 0.6) is 0 Å². The fourth-order valence-corrected chi connectivity index (χ4v) is 8.36. The Kier molecular flexibility index (Phi) is 42.6. The maximum Gasteiger partial charge on any atom is 0.308 e. The molecule has 0 heterocycles. The van der Waals surface area contributed by atoms with E-state index >= 15 is 0 Å². The number of esters is 2. The highest BCUT2D eigenvalue weighted by Crippen LogP contribution is 2.22. The lowest BCUT2D eigenvalue weighted by Gasteiger charge is -2.27. The minimum atomic E-state index is 0.0456. The van der Waals surface area contributed by atoms with E-state index in [1.807, 2.05) is 0 Å². The van der Waals surface area contributed by atoms with Gasteiger partial charge in [0.25, 0.3) is 0 Å². The van der Waals surface area contributed by atoms with E-state index in [9.17, 15) is 9.59 Å². The van der Waals surface area contributed by atoms with E-state index in [0.717, 1.165) is 57.5 Å². The molecule has 0 saturated carbocycles. The van der Waals surface area contributed by atoms with Gasteiger partial charge in [-0.3, -0.25) is 9.59 Å². The third-order valence-electron chi connectivity index (χ3n) is 12.6. The maximum atomic E-state index is 12.9. The van der Waals surface area contributed by atoms with Gasteiger partial charge < -0.3 is 14.4 Å². The van der Waals surface area contributed by atoms with Gasteiger partial charge in [-0.15, -0.1) is 0 Å². The third kappa shape index (κ3) is 34.9. The molecule has 0 N–H and O–H groups in total. The molecule has 0 aromatic heterocycles. The van der Waals surface area contributed by atoms with Crippen molar-refractivity contribution in [3.05, 3.63) is 0 Å². The molecule has 5 heteroatoms. The standard InChI is InChI=1S/C51H101NO4/c1-7-12-15-18-28-35-42-48(41-33-17-14-9-3)51(54)56-46-39-32-26-22-24-30-37-44-49(52(6)11-5)43-36-29-23-20-19-21-25-31-38-45-55-50(53)47(10-4)40-34-27-16-13-8-2/h47-49H,7-46H2,1-6H3/t47-,48?,49?/m1/s1. The number of ether oxygens (including phenoxy) is 2. The largest absolute Gasteiger partial charge is 0.465 e. The molecule has 0 aliphatic rings. The molecule has 0 saturated heterocycles. The van der Waals surface area contributed by atoms with Crippen LogP contribution in [0, 0.1) is 11.8 Å². The molecule has 2 unspecified atom stereocenters. The summed E-state index contributed by atoms with van der Waals surface area (Å²) in [4.78, 5) is 27.9. The summed E-state index contributed by atoms with van der Waals surface area (Å²) >= 11 is 0. The Hall–Kier alpha value is -1.10. The molecule has 0 aliphatic heterocycles. The van der Waals surface area contributed by atoms with Crippen molar-refractivity contribution in [3.63, 3.8) is 0 Å². The summed E-state index contributed by atoms with van der Waals surface area (Å²) in [6, 6.07) is 0.735. The second-order valence-corrected chi connectivity index (χ2v) is 17.7. The first-order valence-corrected chi connectivity index (χ1v) is 25.5. The second-order valence-electron chi connectivity index (χ2n) is 17.7. The molecule has 0 rings (SSSR count). The van der Waals surface area contributed by atoms with Crippen molar-refractivity contribution in [3.8, 4) is 0 Å². The van der Waals surface area contributed by atoms with Gasteiger partial charge in [-0.25, -0.2) is 0 Å². The lowest BCUT2D eigenvalue weighted by atomic mass is 9.94. The van der Waals surface area contributed by atoms with Crippen molar-refractivity contribution < 1.29 is 19.1 Å². The molecule has 3 atom stereocenters. The SMILES string of the molecule is CCCCCCCCC(CCCCCC)C(=O)OCCCCCCCCCC(CCCCCCCCCCCOC(=O)[C@H](CC)CCCCCCC)N(C)CC. The average molecular weight is 792 g/mol. The van der Waals surface area contributed by atoms with Crippen molar-refractivity contribution >= 4 is 11.9 Å². The summed E-state index contributed by atoms with van der Waals surface area (Å²) in [6.07, 6.45) is 46.0. The number of carbonyl (C=O) groups excluding carboxylic acids is 2. The van der Waals surface area contributed by atoms with E-state index in [0.29, 0.717) is 13.2 Å². The van der Waals surface area contributed by atoms with Crippen LogP contribution >= 0.6 is 0 Å². The number of hydrogen-bond donors (Lipinski definition) is 0. The molecular weight excluding hydrogens is 691 g/mol. The van der Waals surface area contributed by atoms with Gasteiger partial charge in [0.1, 0.15) is 0 Å². The molecule has 0 aromatic carbocycles. The second kappa shape index (κ2) is 43.5. The van der Waals surface area contributed by atoms with Gasteiger partial charge in [-0.2, -0.15) is 0 Å². The van der Waals surface area contributed by atoms with Crippen molar-refractivity contribution in [2.24, 2.45) is 11.8 Å². The Balaban J connectivity index is 3.91. The van der Waals surface area contributed by atoms with Gasteiger partial charge in [-0.05, 0) is 65.0 Å². The minimum absolute atomic E-state index is 0.0456. The van der Waals surface area contributed by atoms with Crippen molar-refractivity contribution in [1.29, 1.82) is 0 Å². The van der Waals surface area contributed by atoms with Crippen LogP contribution in [0.1, 0.15) is 272 Å². The Labute approximate surface area is 351 Å². The molecular formula is C51H101NO4. The van der Waals surface area contributed by atoms with E-state index < -0.39 is 0 Å². The van der Waals surface area contributed by atoms with Crippen LogP contribution in [0.2, 0.25) is 0 Å². The summed E-state index contributed by atoms with van der Waals surface area (Å²) < 4.78 is 11.4. The Morgan fingerprint density at radius 3 is 1.02 bits per heavy atom. The topological polar surface area (TPSA) is 55.8 Å². The van der Waals surface area contributed by atoms with Crippen LogP contribution in [0.3, 0.4) is 0 Å². The summed E-state index contributed by atoms with van der Waals surface area (Å²) in [5.74, 6) is 0.363. The van der Waals surface area contributed by atoms with Crippen LogP contribution < -0.4 is 0 Å². The number of unbranched alkanes of at least 4 members (excludes halogenated alkanes) is 26. The smallest absolute Gasteiger partial charge is 0.308 e. The monoisotopic (exact) mass is 792 g/mol. The Morgan fingerprint density at radius 1 is 0.375 bits per heavy atom. The highest BCUT2D eigenvalue weighted by molar-refractivity contribution is 5.72. The zero-order valence-corrected chi connectivity index (χ0v) is 39.1. The van der Waals surface area contributed by atoms with Crippen LogP contribution in [-0.4, -0.2) is 49.7 Å². The quantitative estimate of drug-likeness (QED) is 0.0454. The van der Waals surface area contributed by atoms with Crippen LogP contribution in [0.4, 0.5) is 0 Å². The van der Waals surface area contributed by atoms with Gasteiger partial charge in [-0.1, -0.05) is 221 Å². The molecule has 0 aliphatic carbocycles. The lowest BCUT2D eigenvalue weighted by Crippen LogP contribution is -2.31. The summed E-state index contributed by atoms with van der Waals surface area (Å²) in [5, 5.41) is 0. The highest BCUT2D eigenvalue weighted by Gasteiger charge is 2.20. The molecule has 0 spiro atoms. The van der Waals surface area contributed by atoms with E-state index in [1.165, 1.54) is 193 Å². The summed E-state index contributed by atoms with van der Waals surface area (Å²) in [5.41, 5.74) is 0. The molecule has 0 bridgehead atoms. The van der Waals surface area contributed by atoms with E-state index in [2.05, 4.69) is 46.6 Å². The third-order valence-corrected chi connectivity index (χ3v) is 12.6. The first-order valence-electron chi connectivity index (χ1n) is 25.5. The molecule has 0 aromatic rings. The molecule has 0 amide bonds. The molecule has 5 nitrogen and oxygen atoms in total. The van der Waals surface area contributed by atoms with Gasteiger partial charge >= 0.3 is 11.9 Å². The van der Waals surface area contributed by atoms with Crippen LogP contribution in [0.15, 0.2) is 0 Å². The fourth-order valence-electron chi connectivity index (χ4n) is 8.36. The predicted molar refractivity (Wildman–Crippen MR) is 245 cm³/mol. The number of carbonyl (C=O) groups is 2. The van der Waals surface area contributed by atoms with Gasteiger partial charge in [0.2, 0.25) is 0 Å². The maximum absolute atomic E-state index is 12.9. The van der Waals surface area contributed by atoms with E-state index in [1.54, 1.807) is 0 Å². The van der Waals surface area contributed by atoms with E-state index in [-0.39, 0.29) is 23.8 Å². The number of nitrogens with zero attached hydrogens (tertiary/aromatic N) is 1. The molecule has 0 radical (unpaired) electrons. The van der Waals surface area contributed by atoms with Gasteiger partial charge in [0.05, 0.1) is 25.0 Å². The van der Waals surface area contributed by atoms with Crippen molar-refractivity contribution in [1.82, 2.24) is 4.90 Å². The van der Waals surface area contributed by atoms with Crippen LogP contribution in [-0.2, 0) is 19.1 Å².